The number of methoxy groups -OCH3 is 3. The zero-order chi connectivity index (χ0) is 74.1. The van der Waals surface area contributed by atoms with Gasteiger partial charge < -0.3 is 92.8 Å². The molecule has 0 aliphatic carbocycles. The van der Waals surface area contributed by atoms with Crippen LogP contribution in [0.1, 0.15) is 84.3 Å². The number of hydrogen-bond donors (Lipinski definition) is 20. The Morgan fingerprint density at radius 3 is 1.28 bits per heavy atom. The quantitative estimate of drug-likeness (QED) is 0.0377. The summed E-state index contributed by atoms with van der Waals surface area (Å²) < 4.78 is 13.8. The molecule has 5 heterocycles. The molecule has 6 rings (SSSR count). The summed E-state index contributed by atoms with van der Waals surface area (Å²) in [6.07, 6.45) is 0.220. The van der Waals surface area contributed by atoms with Crippen LogP contribution < -0.4 is 105 Å². The van der Waals surface area contributed by atoms with Gasteiger partial charge in [0.05, 0.1) is 34.4 Å². The van der Waals surface area contributed by atoms with E-state index in [1.807, 2.05) is 41.8 Å². The second kappa shape index (κ2) is 41.5. The smallest absolute Gasteiger partial charge is 0.360 e. The van der Waals surface area contributed by atoms with E-state index in [1.165, 1.54) is 14.2 Å². The summed E-state index contributed by atoms with van der Waals surface area (Å²) in [5.41, 5.74) is 53.6. The maximum Gasteiger partial charge on any atom is 0.360 e. The third-order valence-electron chi connectivity index (χ3n) is 10.3. The Balaban J connectivity index is 0.000000591. The number of ether oxygens (including phenoxy) is 3. The highest BCUT2D eigenvalue weighted by Crippen LogP contribution is 2.24. The van der Waals surface area contributed by atoms with Gasteiger partial charge in [0.25, 0.3) is 11.8 Å². The number of halogens is 6. The summed E-state index contributed by atoms with van der Waals surface area (Å²) in [6.45, 7) is 2.93. The molecule has 5 aromatic heterocycles. The fourth-order valence-corrected chi connectivity index (χ4v) is 6.81. The minimum Gasteiger partial charge on any atom is -0.497 e. The van der Waals surface area contributed by atoms with Crippen molar-refractivity contribution in [2.75, 3.05) is 106 Å². The summed E-state index contributed by atoms with van der Waals surface area (Å²) in [5.74, 6) is -6.28. The summed E-state index contributed by atoms with van der Waals surface area (Å²) in [6, 6.07) is 7.88. The number of benzene rings is 1. The summed E-state index contributed by atoms with van der Waals surface area (Å²) in [4.78, 5) is 131. The Kier molecular flexibility index (Phi) is 35.9. The number of rotatable bonds is 14. The normalized spacial score (nSPS) is 10.1. The average Bonchev–Trinajstić information content (AvgIpc) is 0.880. The molecule has 0 bridgehead atoms. The first-order chi connectivity index (χ1) is 45.5. The summed E-state index contributed by atoms with van der Waals surface area (Å²) >= 11 is 33.9. The molecule has 0 saturated carbocycles. The Morgan fingerprint density at radius 2 is 0.876 bits per heavy atom. The first kappa shape index (κ1) is 83.9. The van der Waals surface area contributed by atoms with Crippen LogP contribution in [0.15, 0.2) is 29.3 Å². The second-order valence-electron chi connectivity index (χ2n) is 17.2. The van der Waals surface area contributed by atoms with Crippen molar-refractivity contribution < 1.29 is 52.6 Å². The first-order valence-corrected chi connectivity index (χ1v) is 28.4. The van der Waals surface area contributed by atoms with Gasteiger partial charge in [-0.05, 0) is 24.6 Å². The molecule has 30 N–H and O–H groups in total. The van der Waals surface area contributed by atoms with Crippen molar-refractivity contribution in [3.05, 3.63) is 89.2 Å². The molecule has 6 aromatic rings. The Bertz CT molecular complexity index is 3870. The van der Waals surface area contributed by atoms with Gasteiger partial charge in [0.15, 0.2) is 118 Å². The number of aliphatic imine (C=N–C) groups is 1. The fraction of sp³-hybridized carbons (Fsp3) is 0.245. The minimum atomic E-state index is -0.903. The number of aromatic nitrogens is 10. The van der Waals surface area contributed by atoms with Crippen LogP contribution in [0.2, 0.25) is 30.9 Å². The fourth-order valence-electron chi connectivity index (χ4n) is 5.76. The van der Waals surface area contributed by atoms with Crippen molar-refractivity contribution in [1.82, 2.24) is 76.4 Å². The highest BCUT2D eigenvalue weighted by Gasteiger charge is 2.22. The molecule has 0 radical (unpaired) electrons. The number of guanidine groups is 3. The highest BCUT2D eigenvalue weighted by atomic mass is 35.5. The molecule has 1 aromatic carbocycles. The number of amides is 6. The molecule has 0 spiro atoms. The lowest BCUT2D eigenvalue weighted by atomic mass is 10.1. The molecule has 0 aliphatic heterocycles. The van der Waals surface area contributed by atoms with E-state index in [1.54, 1.807) is 35.2 Å². The maximum atomic E-state index is 11.9. The molecule has 97 heavy (non-hydrogen) atoms. The van der Waals surface area contributed by atoms with Gasteiger partial charge in [-0.15, -0.1) is 0 Å². The number of nitrogens with one attached hydrogen (secondary N) is 10. The standard InChI is InChI=1S/C11H15ClN8O3.C9H13ClN8O2.C9H13NO.C7H10ClN7O.C7H9ClN4O2.C6H5Cl2N3O2/c1-2-4(21)16-3-5(22)17-11(15)20-10(23)6-8(13)19-9(14)7(12)18-6;1-14-7-5(10)16-4(6(12)17-7)8(20)18-9(13)15-3(19)2-11;1-7(10)8-3-5-9(11-2)6-4-8;1-12-5-3(8)13-2(4(9)14-5)6(16)15-7(10)11;1-10-6-4(8)11-3(5(9)12-6)7(13)14-2;1-13-6(12)2-5(9)11-4(8)3(7)10-2/h2-3H2,1H3,(H,16,21)(H4,13,14,19)(H3,15,17,20,22,23);2,11H2,1H3,(H3,12,14,17)(H3,13,15,18,19,20);3-7H,10H2,1-2H3;1H3,(H3,9,12,14)(H4,10,11,15,16);1-2H3,(H3,9,10,12);1H3,(H2,9,11). The van der Waals surface area contributed by atoms with E-state index in [0.717, 1.165) is 11.3 Å². The number of anilines is 9. The monoisotopic (exact) mass is 1470 g/mol. The Hall–Kier alpha value is -11.2. The largest absolute Gasteiger partial charge is 0.497 e. The minimum absolute atomic E-state index is 0.00541. The lowest BCUT2D eigenvalue weighted by molar-refractivity contribution is -0.125. The van der Waals surface area contributed by atoms with Crippen LogP contribution in [0.5, 0.6) is 5.75 Å². The number of hydrogen-bond acceptors (Lipinski definition) is 34. The van der Waals surface area contributed by atoms with Gasteiger partial charge in [0.2, 0.25) is 29.6 Å². The lowest BCUT2D eigenvalue weighted by Gasteiger charge is -2.10. The predicted molar refractivity (Wildman–Crippen MR) is 363 cm³/mol. The van der Waals surface area contributed by atoms with Crippen LogP contribution >= 0.6 is 69.6 Å². The van der Waals surface area contributed by atoms with Gasteiger partial charge in [-0.2, -0.15) is 4.99 Å². The highest BCUT2D eigenvalue weighted by molar-refractivity contribution is 6.40. The molecule has 524 valence electrons. The molecule has 1 unspecified atom stereocenters. The van der Waals surface area contributed by atoms with Crippen molar-refractivity contribution >= 4 is 187 Å². The zero-order valence-electron chi connectivity index (χ0n) is 52.0. The van der Waals surface area contributed by atoms with Crippen molar-refractivity contribution in [2.45, 2.75) is 26.3 Å². The first-order valence-electron chi connectivity index (χ1n) is 26.1. The van der Waals surface area contributed by atoms with Crippen molar-refractivity contribution in [1.29, 1.82) is 10.8 Å². The van der Waals surface area contributed by atoms with Crippen LogP contribution in [0.25, 0.3) is 0 Å². The van der Waals surface area contributed by atoms with Gasteiger partial charge in [-0.3, -0.25) is 60.9 Å². The van der Waals surface area contributed by atoms with Crippen molar-refractivity contribution in [3.63, 3.8) is 0 Å². The van der Waals surface area contributed by atoms with Crippen LogP contribution in [-0.2, 0) is 23.9 Å². The number of nitrogens with two attached hydrogens (primary N) is 10. The topological polar surface area (TPSA) is 710 Å². The molecule has 42 nitrogen and oxygen atoms in total. The average molecular weight is 1480 g/mol. The van der Waals surface area contributed by atoms with Gasteiger partial charge in [0.1, 0.15) is 5.75 Å². The lowest BCUT2D eigenvalue weighted by Crippen LogP contribution is -2.47. The SMILES string of the molecule is CCC(=O)NCC(=O)NC(=N)NC(=O)c1nc(Cl)c(N)nc1N.CNc1nc(N)c(C(=O)N=C(N)N)nc1Cl.CNc1nc(N)c(C(=O)NC(=N)NC(=O)CN)nc1Cl.CNc1nc(N)c(C(=O)OC)nc1Cl.COC(=O)c1nc(Cl)c(Cl)nc1N.COc1ccc(C(C)N)cc1. The number of nitrogen functional groups attached to an aromatic ring is 6. The van der Waals surface area contributed by atoms with Crippen molar-refractivity contribution in [3.8, 4) is 5.75 Å². The van der Waals surface area contributed by atoms with E-state index in [4.69, 9.17) is 142 Å². The van der Waals surface area contributed by atoms with Crippen LogP contribution in [0.3, 0.4) is 0 Å². The molecular weight excluding hydrogens is 1410 g/mol. The van der Waals surface area contributed by atoms with Gasteiger partial charge in [-0.1, -0.05) is 88.7 Å². The zero-order valence-corrected chi connectivity index (χ0v) is 56.5. The van der Waals surface area contributed by atoms with Gasteiger partial charge in [-0.25, -0.2) is 59.4 Å². The van der Waals surface area contributed by atoms with E-state index >= 15 is 0 Å². The number of carbonyl (C=O) groups excluding carboxylic acids is 8. The Labute approximate surface area is 579 Å². The second-order valence-corrected chi connectivity index (χ2v) is 19.3. The van der Waals surface area contributed by atoms with Crippen molar-refractivity contribution in [2.24, 2.45) is 27.9 Å². The van der Waals surface area contributed by atoms with Crippen LogP contribution in [0.4, 0.5) is 52.4 Å². The predicted octanol–water partition coefficient (Wildman–Crippen LogP) is -0.330. The Morgan fingerprint density at radius 1 is 0.505 bits per heavy atom. The number of carbonyl (C=O) groups is 8. The van der Waals surface area contributed by atoms with Gasteiger partial charge >= 0.3 is 17.8 Å². The number of esters is 2. The van der Waals surface area contributed by atoms with E-state index in [9.17, 15) is 38.4 Å². The van der Waals surface area contributed by atoms with Crippen LogP contribution in [-0.4, -0.2) is 171 Å². The number of nitrogens with zero attached hydrogens (tertiary/aromatic N) is 11. The summed E-state index contributed by atoms with van der Waals surface area (Å²) in [5, 5.41) is 33.0. The van der Waals surface area contributed by atoms with E-state index in [0.29, 0.717) is 5.82 Å². The molecule has 48 heteroatoms. The third kappa shape index (κ3) is 28.1. The molecular formula is C49H65Cl6N31O11. The van der Waals surface area contributed by atoms with Gasteiger partial charge in [0, 0.05) is 33.6 Å². The van der Waals surface area contributed by atoms with Crippen LogP contribution in [0, 0.1) is 10.8 Å². The van der Waals surface area contributed by atoms with E-state index in [2.05, 4.69) is 96.2 Å². The maximum absolute atomic E-state index is 11.9. The molecule has 0 saturated heterocycles. The molecule has 6 amide bonds. The third-order valence-corrected chi connectivity index (χ3v) is 12.0. The summed E-state index contributed by atoms with van der Waals surface area (Å²) in [7, 11) is 8.85. The molecule has 1 atom stereocenters. The van der Waals surface area contributed by atoms with E-state index < -0.39 is 53.4 Å². The molecule has 0 aliphatic rings. The van der Waals surface area contributed by atoms with E-state index in [-0.39, 0.29) is 143 Å². The molecule has 0 fully saturated rings.